The fourth-order valence-corrected chi connectivity index (χ4v) is 2.77. The van der Waals surface area contributed by atoms with E-state index in [1.165, 1.54) is 5.69 Å². The predicted octanol–water partition coefficient (Wildman–Crippen LogP) is 2.32. The second-order valence-electron chi connectivity index (χ2n) is 6.66. The number of aliphatic hydroxyl groups is 1. The van der Waals surface area contributed by atoms with E-state index >= 15 is 0 Å². The van der Waals surface area contributed by atoms with E-state index in [9.17, 15) is 5.11 Å². The topological polar surface area (TPSA) is 50.1 Å². The van der Waals surface area contributed by atoms with E-state index < -0.39 is 5.60 Å². The molecule has 1 aliphatic rings. The van der Waals surface area contributed by atoms with Gasteiger partial charge in [-0.25, -0.2) is 4.98 Å². The fourth-order valence-electron chi connectivity index (χ4n) is 2.77. The molecule has 4 heteroatoms. The van der Waals surface area contributed by atoms with Crippen LogP contribution in [-0.2, 0) is 13.1 Å². The van der Waals surface area contributed by atoms with Gasteiger partial charge in [-0.15, -0.1) is 0 Å². The first-order valence-corrected chi connectivity index (χ1v) is 7.36. The molecule has 1 heterocycles. The van der Waals surface area contributed by atoms with Gasteiger partial charge in [0.2, 0.25) is 0 Å². The van der Waals surface area contributed by atoms with Gasteiger partial charge in [0.25, 0.3) is 0 Å². The summed E-state index contributed by atoms with van der Waals surface area (Å²) in [5.74, 6) is 0. The van der Waals surface area contributed by atoms with Gasteiger partial charge in [0.15, 0.2) is 0 Å². The highest BCUT2D eigenvalue weighted by Crippen LogP contribution is 2.39. The van der Waals surface area contributed by atoms with Crippen LogP contribution < -0.4 is 5.32 Å². The van der Waals surface area contributed by atoms with Crippen molar-refractivity contribution in [3.05, 3.63) is 18.2 Å². The number of hydrogen-bond donors (Lipinski definition) is 2. The number of aryl methyl sites for hydroxylation is 1. The van der Waals surface area contributed by atoms with Crippen LogP contribution in [0.25, 0.3) is 0 Å². The summed E-state index contributed by atoms with van der Waals surface area (Å²) in [4.78, 5) is 4.16. The lowest BCUT2D eigenvalue weighted by molar-refractivity contribution is -0.0245. The van der Waals surface area contributed by atoms with Crippen molar-refractivity contribution in [3.8, 4) is 0 Å². The van der Waals surface area contributed by atoms with Crippen molar-refractivity contribution in [1.29, 1.82) is 0 Å². The van der Waals surface area contributed by atoms with Crippen LogP contribution in [0.1, 0.15) is 52.1 Å². The molecule has 1 saturated carbocycles. The Bertz CT molecular complexity index is 401. The second kappa shape index (κ2) is 5.63. The normalized spacial score (nSPS) is 21.5. The van der Waals surface area contributed by atoms with Crippen LogP contribution in [0.15, 0.2) is 12.5 Å². The highest BCUT2D eigenvalue weighted by Gasteiger charge is 2.36. The molecule has 19 heavy (non-hydrogen) atoms. The quantitative estimate of drug-likeness (QED) is 0.859. The molecular weight excluding hydrogens is 238 g/mol. The summed E-state index contributed by atoms with van der Waals surface area (Å²) in [6.07, 6.45) is 7.77. The first-order valence-electron chi connectivity index (χ1n) is 7.36. The number of nitrogens with one attached hydrogen (secondary N) is 1. The average molecular weight is 265 g/mol. The van der Waals surface area contributed by atoms with Crippen molar-refractivity contribution in [2.45, 2.75) is 65.1 Å². The summed E-state index contributed by atoms with van der Waals surface area (Å²) in [6.45, 7) is 9.09. The van der Waals surface area contributed by atoms with E-state index in [4.69, 9.17) is 0 Å². The number of rotatable bonds is 5. The van der Waals surface area contributed by atoms with Crippen molar-refractivity contribution < 1.29 is 5.11 Å². The van der Waals surface area contributed by atoms with Gasteiger partial charge < -0.3 is 15.0 Å². The van der Waals surface area contributed by atoms with E-state index in [0.29, 0.717) is 12.0 Å². The highest BCUT2D eigenvalue weighted by molar-refractivity contribution is 4.98. The third-order valence-electron chi connectivity index (χ3n) is 4.43. The summed E-state index contributed by atoms with van der Waals surface area (Å²) in [6, 6.07) is 0. The molecule has 0 radical (unpaired) electrons. The van der Waals surface area contributed by atoms with Gasteiger partial charge in [-0.05, 0) is 38.0 Å². The Morgan fingerprint density at radius 3 is 2.63 bits per heavy atom. The summed E-state index contributed by atoms with van der Waals surface area (Å²) in [5, 5.41) is 14.0. The Morgan fingerprint density at radius 1 is 1.32 bits per heavy atom. The van der Waals surface area contributed by atoms with Gasteiger partial charge in [-0.1, -0.05) is 13.8 Å². The zero-order chi connectivity index (χ0) is 13.9. The van der Waals surface area contributed by atoms with E-state index in [1.807, 2.05) is 12.5 Å². The minimum absolute atomic E-state index is 0.396. The molecule has 0 atom stereocenters. The number of aromatic nitrogens is 2. The molecule has 4 nitrogen and oxygen atoms in total. The van der Waals surface area contributed by atoms with Crippen molar-refractivity contribution in [1.82, 2.24) is 14.9 Å². The van der Waals surface area contributed by atoms with Crippen LogP contribution in [-0.4, -0.2) is 26.8 Å². The lowest BCUT2D eigenvalue weighted by Gasteiger charge is -2.40. The van der Waals surface area contributed by atoms with Gasteiger partial charge in [-0.3, -0.25) is 0 Å². The minimum atomic E-state index is -0.521. The molecule has 2 N–H and O–H groups in total. The van der Waals surface area contributed by atoms with Gasteiger partial charge in [0.1, 0.15) is 0 Å². The van der Waals surface area contributed by atoms with Crippen LogP contribution in [0.3, 0.4) is 0 Å². The summed E-state index contributed by atoms with van der Waals surface area (Å²) in [7, 11) is 0. The second-order valence-corrected chi connectivity index (χ2v) is 6.66. The molecule has 1 fully saturated rings. The fraction of sp³-hybridized carbons (Fsp3) is 0.800. The third-order valence-corrected chi connectivity index (χ3v) is 4.43. The molecule has 0 spiro atoms. The number of hydrogen-bond acceptors (Lipinski definition) is 3. The largest absolute Gasteiger partial charge is 0.389 e. The monoisotopic (exact) mass is 265 g/mol. The first-order chi connectivity index (χ1) is 8.94. The zero-order valence-corrected chi connectivity index (χ0v) is 12.4. The molecule has 0 bridgehead atoms. The van der Waals surface area contributed by atoms with E-state index in [1.54, 1.807) is 0 Å². The van der Waals surface area contributed by atoms with Gasteiger partial charge >= 0.3 is 0 Å². The van der Waals surface area contributed by atoms with Crippen molar-refractivity contribution in [2.75, 3.05) is 6.54 Å². The smallest absolute Gasteiger partial charge is 0.0948 e. The molecule has 0 saturated heterocycles. The van der Waals surface area contributed by atoms with Crippen molar-refractivity contribution in [3.63, 3.8) is 0 Å². The maximum absolute atomic E-state index is 10.6. The van der Waals surface area contributed by atoms with Gasteiger partial charge in [-0.2, -0.15) is 0 Å². The van der Waals surface area contributed by atoms with Crippen LogP contribution in [0.4, 0.5) is 0 Å². The van der Waals surface area contributed by atoms with Crippen LogP contribution in [0.5, 0.6) is 0 Å². The lowest BCUT2D eigenvalue weighted by Crippen LogP contribution is -2.45. The average Bonchev–Trinajstić information content (AvgIpc) is 2.81. The van der Waals surface area contributed by atoms with Crippen molar-refractivity contribution >= 4 is 0 Å². The van der Waals surface area contributed by atoms with Crippen LogP contribution in [0, 0.1) is 5.41 Å². The summed E-state index contributed by atoms with van der Waals surface area (Å²) >= 11 is 0. The van der Waals surface area contributed by atoms with E-state index in [0.717, 1.165) is 38.8 Å². The van der Waals surface area contributed by atoms with E-state index in [-0.39, 0.29) is 0 Å². The summed E-state index contributed by atoms with van der Waals surface area (Å²) in [5.41, 5.74) is 1.06. The standard InChI is InChI=1S/C15H27N3O/c1-4-18-12-17-10-13(18)9-16-11-15(19)7-5-14(2,3)6-8-15/h10,12,16,19H,4-9,11H2,1-3H3. The van der Waals surface area contributed by atoms with Gasteiger partial charge in [0, 0.05) is 25.8 Å². The Balaban J connectivity index is 1.80. The molecule has 2 rings (SSSR count). The molecule has 108 valence electrons. The Morgan fingerprint density at radius 2 is 2.00 bits per heavy atom. The van der Waals surface area contributed by atoms with Crippen LogP contribution in [0.2, 0.25) is 0 Å². The molecule has 1 aliphatic carbocycles. The van der Waals surface area contributed by atoms with Crippen LogP contribution >= 0.6 is 0 Å². The lowest BCUT2D eigenvalue weighted by atomic mass is 9.71. The minimum Gasteiger partial charge on any atom is -0.389 e. The Kier molecular flexibility index (Phi) is 4.31. The van der Waals surface area contributed by atoms with E-state index in [2.05, 4.69) is 35.6 Å². The molecule has 1 aromatic heterocycles. The molecule has 0 aromatic carbocycles. The maximum atomic E-state index is 10.6. The zero-order valence-electron chi connectivity index (χ0n) is 12.4. The molecule has 0 aliphatic heterocycles. The predicted molar refractivity (Wildman–Crippen MR) is 76.8 cm³/mol. The Hall–Kier alpha value is -0.870. The Labute approximate surface area is 116 Å². The summed E-state index contributed by atoms with van der Waals surface area (Å²) < 4.78 is 2.13. The highest BCUT2D eigenvalue weighted by atomic mass is 16.3. The third kappa shape index (κ3) is 3.80. The maximum Gasteiger partial charge on any atom is 0.0948 e. The number of nitrogens with zero attached hydrogens (tertiary/aromatic N) is 2. The molecular formula is C15H27N3O. The first kappa shape index (κ1) is 14.5. The SMILES string of the molecule is CCn1cncc1CNCC1(O)CCC(C)(C)CC1. The molecule has 0 unspecified atom stereocenters. The number of imidazole rings is 1. The molecule has 1 aromatic rings. The van der Waals surface area contributed by atoms with Gasteiger partial charge in [0.05, 0.1) is 17.6 Å². The molecule has 0 amide bonds. The van der Waals surface area contributed by atoms with Crippen molar-refractivity contribution in [2.24, 2.45) is 5.41 Å².